The lowest BCUT2D eigenvalue weighted by Gasteiger charge is -2.07. The van der Waals surface area contributed by atoms with Crippen LogP contribution in [0.25, 0.3) is 10.9 Å². The van der Waals surface area contributed by atoms with Crippen LogP contribution in [-0.2, 0) is 0 Å². The number of rotatable bonds is 2. The molecule has 0 radical (unpaired) electrons. The highest BCUT2D eigenvalue weighted by Crippen LogP contribution is 2.27. The lowest BCUT2D eigenvalue weighted by molar-refractivity contribution is 0.102. The maximum Gasteiger partial charge on any atom is 0.257 e. The molecule has 21 heavy (non-hydrogen) atoms. The highest BCUT2D eigenvalue weighted by molar-refractivity contribution is 6.37. The molecule has 0 fully saturated rings. The van der Waals surface area contributed by atoms with Crippen molar-refractivity contribution in [1.82, 2.24) is 4.98 Å². The zero-order chi connectivity index (χ0) is 15.0. The molecule has 1 amide bonds. The van der Waals surface area contributed by atoms with Crippen molar-refractivity contribution in [2.45, 2.75) is 0 Å². The van der Waals surface area contributed by atoms with E-state index in [-0.39, 0.29) is 5.91 Å². The number of aromatic amines is 1. The second-order valence-corrected chi connectivity index (χ2v) is 5.43. The number of amides is 1. The summed E-state index contributed by atoms with van der Waals surface area (Å²) in [6.07, 6.45) is 1.64. The Balaban J connectivity index is 1.95. The summed E-state index contributed by atoms with van der Waals surface area (Å²) in [4.78, 5) is 15.4. The van der Waals surface area contributed by atoms with E-state index >= 15 is 0 Å². The molecule has 6 heteroatoms. The van der Waals surface area contributed by atoms with E-state index in [1.807, 2.05) is 6.07 Å². The van der Waals surface area contributed by atoms with Crippen LogP contribution in [0.2, 0.25) is 10.0 Å². The summed E-state index contributed by atoms with van der Waals surface area (Å²) in [5, 5.41) is 4.42. The van der Waals surface area contributed by atoms with Crippen LogP contribution in [0.15, 0.2) is 42.6 Å². The Labute approximate surface area is 130 Å². The second-order valence-electron chi connectivity index (χ2n) is 4.59. The average molecular weight is 320 g/mol. The van der Waals surface area contributed by atoms with Crippen molar-refractivity contribution >= 4 is 51.4 Å². The summed E-state index contributed by atoms with van der Waals surface area (Å²) >= 11 is 11.9. The van der Waals surface area contributed by atoms with Crippen molar-refractivity contribution in [2.75, 3.05) is 11.1 Å². The van der Waals surface area contributed by atoms with Gasteiger partial charge in [-0.2, -0.15) is 0 Å². The van der Waals surface area contributed by atoms with Gasteiger partial charge in [0.2, 0.25) is 0 Å². The number of nitrogen functional groups attached to an aromatic ring is 1. The van der Waals surface area contributed by atoms with Gasteiger partial charge < -0.3 is 16.0 Å². The summed E-state index contributed by atoms with van der Waals surface area (Å²) < 4.78 is 0. The zero-order valence-corrected chi connectivity index (χ0v) is 12.3. The molecule has 0 atom stereocenters. The van der Waals surface area contributed by atoms with E-state index in [0.29, 0.717) is 27.0 Å². The molecule has 3 rings (SSSR count). The summed E-state index contributed by atoms with van der Waals surface area (Å²) in [6, 6.07) is 10.3. The fourth-order valence-electron chi connectivity index (χ4n) is 2.11. The zero-order valence-electron chi connectivity index (χ0n) is 10.8. The number of benzene rings is 2. The van der Waals surface area contributed by atoms with Gasteiger partial charge in [0, 0.05) is 27.8 Å². The Morgan fingerprint density at radius 2 is 1.95 bits per heavy atom. The van der Waals surface area contributed by atoms with Crippen molar-refractivity contribution in [2.24, 2.45) is 0 Å². The summed E-state index contributed by atoms with van der Waals surface area (Å²) in [5.41, 5.74) is 8.21. The first-order chi connectivity index (χ1) is 10.0. The highest BCUT2D eigenvalue weighted by Gasteiger charge is 2.13. The molecule has 1 heterocycles. The molecule has 0 aliphatic carbocycles. The number of nitrogens with one attached hydrogen (secondary N) is 2. The molecule has 0 spiro atoms. The summed E-state index contributed by atoms with van der Waals surface area (Å²) in [7, 11) is 0. The van der Waals surface area contributed by atoms with Crippen molar-refractivity contribution in [3.63, 3.8) is 0 Å². The quantitative estimate of drug-likeness (QED) is 0.616. The molecule has 0 unspecified atom stereocenters. The van der Waals surface area contributed by atoms with Crippen LogP contribution < -0.4 is 11.1 Å². The van der Waals surface area contributed by atoms with Crippen LogP contribution in [-0.4, -0.2) is 10.9 Å². The monoisotopic (exact) mass is 319 g/mol. The van der Waals surface area contributed by atoms with Gasteiger partial charge in [0.25, 0.3) is 5.91 Å². The molecule has 0 aliphatic rings. The number of nitrogens with two attached hydrogens (primary N) is 1. The molecule has 4 nitrogen and oxygen atoms in total. The lowest BCUT2D eigenvalue weighted by atomic mass is 10.1. The van der Waals surface area contributed by atoms with Crippen LogP contribution in [0.4, 0.5) is 11.4 Å². The van der Waals surface area contributed by atoms with Gasteiger partial charge in [-0.1, -0.05) is 23.2 Å². The van der Waals surface area contributed by atoms with E-state index in [2.05, 4.69) is 10.3 Å². The molecular formula is C15H11Cl2N3O. The average Bonchev–Trinajstić information content (AvgIpc) is 2.85. The van der Waals surface area contributed by atoms with Crippen LogP contribution in [0, 0.1) is 0 Å². The summed E-state index contributed by atoms with van der Waals surface area (Å²) in [6.45, 7) is 0. The van der Waals surface area contributed by atoms with Gasteiger partial charge in [0.1, 0.15) is 0 Å². The maximum absolute atomic E-state index is 12.4. The van der Waals surface area contributed by atoms with E-state index in [0.717, 1.165) is 10.9 Å². The van der Waals surface area contributed by atoms with E-state index in [4.69, 9.17) is 28.9 Å². The molecule has 1 aromatic heterocycles. The van der Waals surface area contributed by atoms with Crippen molar-refractivity contribution in [3.05, 3.63) is 58.2 Å². The first-order valence-electron chi connectivity index (χ1n) is 6.17. The molecule has 106 valence electrons. The van der Waals surface area contributed by atoms with Crippen molar-refractivity contribution in [1.29, 1.82) is 0 Å². The van der Waals surface area contributed by atoms with Crippen LogP contribution >= 0.6 is 23.2 Å². The Kier molecular flexibility index (Phi) is 3.49. The van der Waals surface area contributed by atoms with E-state index in [9.17, 15) is 4.79 Å². The maximum atomic E-state index is 12.4. The third kappa shape index (κ3) is 2.68. The Morgan fingerprint density at radius 1 is 1.14 bits per heavy atom. The van der Waals surface area contributed by atoms with Gasteiger partial charge >= 0.3 is 0 Å². The number of aromatic nitrogens is 1. The predicted octanol–water partition coefficient (Wildman–Crippen LogP) is 4.31. The van der Waals surface area contributed by atoms with Gasteiger partial charge in [-0.05, 0) is 36.4 Å². The number of fused-ring (bicyclic) bond motifs is 1. The van der Waals surface area contributed by atoms with Gasteiger partial charge in [0.15, 0.2) is 0 Å². The minimum absolute atomic E-state index is 0.268. The van der Waals surface area contributed by atoms with Crippen molar-refractivity contribution in [3.8, 4) is 0 Å². The van der Waals surface area contributed by atoms with Gasteiger partial charge in [-0.3, -0.25) is 4.79 Å². The van der Waals surface area contributed by atoms with Gasteiger partial charge in [-0.25, -0.2) is 0 Å². The Bertz CT molecular complexity index is 842. The topological polar surface area (TPSA) is 70.9 Å². The fraction of sp³-hybridized carbons (Fsp3) is 0. The van der Waals surface area contributed by atoms with Crippen LogP contribution in [0.5, 0.6) is 0 Å². The normalized spacial score (nSPS) is 10.8. The third-order valence-electron chi connectivity index (χ3n) is 3.13. The van der Waals surface area contributed by atoms with Crippen LogP contribution in [0.1, 0.15) is 10.4 Å². The molecule has 0 aliphatic heterocycles. The first-order valence-corrected chi connectivity index (χ1v) is 6.93. The number of hydrogen-bond acceptors (Lipinski definition) is 2. The van der Waals surface area contributed by atoms with E-state index < -0.39 is 0 Å². The smallest absolute Gasteiger partial charge is 0.257 e. The molecule has 0 saturated carbocycles. The third-order valence-corrected chi connectivity index (χ3v) is 3.68. The SMILES string of the molecule is Nc1ccc2[nH]cc(C(=O)Nc3ccc(Cl)cc3Cl)c2c1. The number of halogens is 2. The molecule has 4 N–H and O–H groups in total. The minimum atomic E-state index is -0.268. The number of H-pyrrole nitrogens is 1. The Morgan fingerprint density at radius 3 is 2.71 bits per heavy atom. The number of hydrogen-bond donors (Lipinski definition) is 3. The van der Waals surface area contributed by atoms with E-state index in [1.165, 1.54) is 0 Å². The highest BCUT2D eigenvalue weighted by atomic mass is 35.5. The predicted molar refractivity (Wildman–Crippen MR) is 87.1 cm³/mol. The molecular weight excluding hydrogens is 309 g/mol. The Hall–Kier alpha value is -2.17. The lowest BCUT2D eigenvalue weighted by Crippen LogP contribution is -2.11. The van der Waals surface area contributed by atoms with E-state index in [1.54, 1.807) is 36.5 Å². The standard InChI is InChI=1S/C15H11Cl2N3O/c16-8-1-3-14(12(17)5-8)20-15(21)11-7-19-13-4-2-9(18)6-10(11)13/h1-7,19H,18H2,(H,20,21). The minimum Gasteiger partial charge on any atom is -0.399 e. The molecule has 3 aromatic rings. The van der Waals surface area contributed by atoms with Crippen molar-refractivity contribution < 1.29 is 4.79 Å². The molecule has 2 aromatic carbocycles. The largest absolute Gasteiger partial charge is 0.399 e. The van der Waals surface area contributed by atoms with Gasteiger partial charge in [-0.15, -0.1) is 0 Å². The first kappa shape index (κ1) is 13.8. The fourth-order valence-corrected chi connectivity index (χ4v) is 2.56. The summed E-state index contributed by atoms with van der Waals surface area (Å²) in [5.74, 6) is -0.268. The molecule has 0 bridgehead atoms. The molecule has 0 saturated heterocycles. The number of anilines is 2. The number of carbonyl (C=O) groups is 1. The van der Waals surface area contributed by atoms with Gasteiger partial charge in [0.05, 0.1) is 16.3 Å². The second kappa shape index (κ2) is 5.31. The number of carbonyl (C=O) groups excluding carboxylic acids is 1. The van der Waals surface area contributed by atoms with Crippen LogP contribution in [0.3, 0.4) is 0 Å².